The number of rotatable bonds is 5. The maximum Gasteiger partial charge on any atom is 0.158 e. The normalized spacial score (nSPS) is 10.1. The molecule has 0 unspecified atom stereocenters. The van der Waals surface area contributed by atoms with Crippen LogP contribution in [0.25, 0.3) is 0 Å². The fourth-order valence-electron chi connectivity index (χ4n) is 0.935. The predicted octanol–water partition coefficient (Wildman–Crippen LogP) is 2.44. The molecule has 0 aromatic carbocycles. The molecule has 0 aliphatic rings. The van der Waals surface area contributed by atoms with E-state index in [1.54, 1.807) is 13.2 Å². The van der Waals surface area contributed by atoms with E-state index in [9.17, 15) is 0 Å². The van der Waals surface area contributed by atoms with Crippen molar-refractivity contribution in [3.63, 3.8) is 0 Å². The highest BCUT2D eigenvalue weighted by atomic mass is 35.5. The van der Waals surface area contributed by atoms with Gasteiger partial charge in [-0.05, 0) is 0 Å². The van der Waals surface area contributed by atoms with Gasteiger partial charge in [0.1, 0.15) is 17.6 Å². The lowest BCUT2D eigenvalue weighted by molar-refractivity contribution is 0.178. The average Bonchev–Trinajstić information content (AvgIpc) is 2.14. The van der Waals surface area contributed by atoms with Crippen molar-refractivity contribution in [3.05, 3.63) is 28.7 Å². The van der Waals surface area contributed by atoms with E-state index in [1.165, 1.54) is 0 Å². The number of hydrogen-bond acceptors (Lipinski definition) is 4. The van der Waals surface area contributed by atoms with Crippen LogP contribution in [0.15, 0.2) is 17.7 Å². The zero-order valence-corrected chi connectivity index (χ0v) is 9.77. The zero-order chi connectivity index (χ0) is 11.3. The summed E-state index contributed by atoms with van der Waals surface area (Å²) in [4.78, 5) is 8.15. The van der Waals surface area contributed by atoms with Crippen LogP contribution in [0.5, 0.6) is 0 Å². The van der Waals surface area contributed by atoms with Crippen LogP contribution < -0.4 is 5.32 Å². The maximum atomic E-state index is 5.80. The highest BCUT2D eigenvalue weighted by Crippen LogP contribution is 2.12. The van der Waals surface area contributed by atoms with Crippen LogP contribution in [0, 0.1) is 0 Å². The molecule has 82 valence electrons. The van der Waals surface area contributed by atoms with Crippen LogP contribution in [-0.2, 0) is 11.3 Å². The molecule has 15 heavy (non-hydrogen) atoms. The molecule has 0 fully saturated rings. The fourth-order valence-corrected chi connectivity index (χ4v) is 1.20. The molecule has 0 saturated heterocycles. The Morgan fingerprint density at radius 3 is 2.93 bits per heavy atom. The molecule has 1 rings (SSSR count). The van der Waals surface area contributed by atoms with Crippen molar-refractivity contribution in [1.82, 2.24) is 9.97 Å². The number of anilines is 1. The van der Waals surface area contributed by atoms with Crippen LogP contribution in [0.1, 0.15) is 5.82 Å². The van der Waals surface area contributed by atoms with Gasteiger partial charge in [-0.1, -0.05) is 29.8 Å². The zero-order valence-electron chi connectivity index (χ0n) is 8.26. The van der Waals surface area contributed by atoms with Gasteiger partial charge >= 0.3 is 0 Å². The lowest BCUT2D eigenvalue weighted by atomic mass is 10.5. The van der Waals surface area contributed by atoms with Crippen LogP contribution in [0.3, 0.4) is 0 Å². The minimum atomic E-state index is 0.317. The first-order chi connectivity index (χ1) is 7.11. The molecule has 0 radical (unpaired) electrons. The summed E-state index contributed by atoms with van der Waals surface area (Å²) >= 11 is 11.4. The Bertz CT molecular complexity index is 357. The van der Waals surface area contributed by atoms with Crippen molar-refractivity contribution in [3.8, 4) is 0 Å². The van der Waals surface area contributed by atoms with Crippen molar-refractivity contribution >= 4 is 29.0 Å². The Hall–Kier alpha value is -0.840. The first kappa shape index (κ1) is 12.2. The molecule has 0 atom stereocenters. The molecular weight excluding hydrogens is 237 g/mol. The Labute approximate surface area is 98.3 Å². The monoisotopic (exact) mass is 247 g/mol. The van der Waals surface area contributed by atoms with Gasteiger partial charge in [-0.3, -0.25) is 0 Å². The number of hydrogen-bond donors (Lipinski definition) is 1. The molecule has 1 heterocycles. The number of methoxy groups -OCH3 is 1. The summed E-state index contributed by atoms with van der Waals surface area (Å²) in [6.07, 6.45) is 0. The average molecular weight is 248 g/mol. The highest BCUT2D eigenvalue weighted by molar-refractivity contribution is 6.30. The van der Waals surface area contributed by atoms with Gasteiger partial charge in [-0.15, -0.1) is 0 Å². The van der Waals surface area contributed by atoms with E-state index in [2.05, 4.69) is 21.9 Å². The second kappa shape index (κ2) is 5.90. The van der Waals surface area contributed by atoms with Crippen molar-refractivity contribution in [2.75, 3.05) is 19.0 Å². The molecular formula is C9H11Cl2N3O. The van der Waals surface area contributed by atoms with Crippen LogP contribution in [0.2, 0.25) is 5.15 Å². The molecule has 0 bridgehead atoms. The molecule has 0 amide bonds. The van der Waals surface area contributed by atoms with Gasteiger partial charge in [0.05, 0.1) is 6.54 Å². The standard InChI is InChI=1S/C9H11Cl2N3O/c1-6(10)4-12-8-3-7(11)13-9(14-8)5-15-2/h3H,1,4-5H2,2H3,(H,12,13,14). The highest BCUT2D eigenvalue weighted by Gasteiger charge is 2.02. The lowest BCUT2D eigenvalue weighted by Crippen LogP contribution is -2.06. The number of nitrogens with one attached hydrogen (secondary N) is 1. The van der Waals surface area contributed by atoms with Gasteiger partial charge in [0.2, 0.25) is 0 Å². The van der Waals surface area contributed by atoms with Crippen LogP contribution in [-0.4, -0.2) is 23.6 Å². The number of ether oxygens (including phenoxy) is 1. The summed E-state index contributed by atoms with van der Waals surface area (Å²) in [5.74, 6) is 1.12. The third-order valence-electron chi connectivity index (χ3n) is 1.48. The van der Waals surface area contributed by atoms with E-state index >= 15 is 0 Å². The topological polar surface area (TPSA) is 47.0 Å². The third kappa shape index (κ3) is 4.46. The number of aromatic nitrogens is 2. The number of halogens is 2. The Balaban J connectivity index is 2.74. The minimum Gasteiger partial charge on any atom is -0.377 e. The van der Waals surface area contributed by atoms with E-state index < -0.39 is 0 Å². The first-order valence-corrected chi connectivity index (χ1v) is 4.97. The quantitative estimate of drug-likeness (QED) is 0.813. The third-order valence-corrected chi connectivity index (χ3v) is 1.80. The second-order valence-electron chi connectivity index (χ2n) is 2.80. The molecule has 1 N–H and O–H groups in total. The predicted molar refractivity (Wildman–Crippen MR) is 61.2 cm³/mol. The largest absolute Gasteiger partial charge is 0.377 e. The summed E-state index contributed by atoms with van der Waals surface area (Å²) in [5, 5.41) is 3.82. The van der Waals surface area contributed by atoms with Crippen molar-refractivity contribution in [2.45, 2.75) is 6.61 Å². The fraction of sp³-hybridized carbons (Fsp3) is 0.333. The van der Waals surface area contributed by atoms with E-state index in [0.29, 0.717) is 35.0 Å². The van der Waals surface area contributed by atoms with Gasteiger partial charge in [-0.25, -0.2) is 9.97 Å². The molecule has 1 aromatic rings. The summed E-state index contributed by atoms with van der Waals surface area (Å²) < 4.78 is 4.91. The lowest BCUT2D eigenvalue weighted by Gasteiger charge is -2.06. The minimum absolute atomic E-state index is 0.317. The van der Waals surface area contributed by atoms with Crippen LogP contribution in [0.4, 0.5) is 5.82 Å². The van der Waals surface area contributed by atoms with E-state index in [4.69, 9.17) is 27.9 Å². The molecule has 0 spiro atoms. The van der Waals surface area contributed by atoms with Crippen molar-refractivity contribution < 1.29 is 4.74 Å². The summed E-state index contributed by atoms with van der Waals surface area (Å²) in [5.41, 5.74) is 0. The van der Waals surface area contributed by atoms with Crippen molar-refractivity contribution in [1.29, 1.82) is 0 Å². The summed E-state index contributed by atoms with van der Waals surface area (Å²) in [6, 6.07) is 1.61. The van der Waals surface area contributed by atoms with Crippen LogP contribution >= 0.6 is 23.2 Å². The van der Waals surface area contributed by atoms with Gasteiger partial charge in [0.25, 0.3) is 0 Å². The molecule has 6 heteroatoms. The molecule has 4 nitrogen and oxygen atoms in total. The Morgan fingerprint density at radius 2 is 2.33 bits per heavy atom. The molecule has 0 aliphatic heterocycles. The number of nitrogens with zero attached hydrogens (tertiary/aromatic N) is 2. The molecule has 0 saturated carbocycles. The van der Waals surface area contributed by atoms with E-state index in [1.807, 2.05) is 0 Å². The molecule has 0 aliphatic carbocycles. The first-order valence-electron chi connectivity index (χ1n) is 4.21. The Morgan fingerprint density at radius 1 is 1.60 bits per heavy atom. The van der Waals surface area contributed by atoms with E-state index in [0.717, 1.165) is 0 Å². The van der Waals surface area contributed by atoms with Gasteiger partial charge in [-0.2, -0.15) is 0 Å². The van der Waals surface area contributed by atoms with Gasteiger partial charge in [0.15, 0.2) is 5.82 Å². The second-order valence-corrected chi connectivity index (χ2v) is 3.72. The smallest absolute Gasteiger partial charge is 0.158 e. The van der Waals surface area contributed by atoms with E-state index in [-0.39, 0.29) is 0 Å². The van der Waals surface area contributed by atoms with Gasteiger partial charge in [0, 0.05) is 18.2 Å². The van der Waals surface area contributed by atoms with Crippen molar-refractivity contribution in [2.24, 2.45) is 0 Å². The Kier molecular flexibility index (Phi) is 4.81. The summed E-state index contributed by atoms with van der Waals surface area (Å²) in [7, 11) is 1.57. The molecule has 1 aromatic heterocycles. The van der Waals surface area contributed by atoms with Gasteiger partial charge < -0.3 is 10.1 Å². The SMILES string of the molecule is C=C(Cl)CNc1cc(Cl)nc(COC)n1. The summed E-state index contributed by atoms with van der Waals surface area (Å²) in [6.45, 7) is 4.30. The maximum absolute atomic E-state index is 5.80.